The lowest BCUT2D eigenvalue weighted by Crippen LogP contribution is -2.47. The number of carbonyl (C=O) groups is 1. The molecule has 0 spiro atoms. The number of rotatable bonds is 2. The van der Waals surface area contributed by atoms with Crippen molar-refractivity contribution >= 4 is 11.8 Å². The molecule has 2 unspecified atom stereocenters. The van der Waals surface area contributed by atoms with Crippen molar-refractivity contribution in [3.63, 3.8) is 0 Å². The molecular formula is C17H21FN4O2. The van der Waals surface area contributed by atoms with Crippen LogP contribution < -0.4 is 5.32 Å². The first-order valence-corrected chi connectivity index (χ1v) is 8.00. The number of nitrogens with one attached hydrogen (secondary N) is 1. The van der Waals surface area contributed by atoms with E-state index in [0.29, 0.717) is 24.6 Å². The van der Waals surface area contributed by atoms with Crippen molar-refractivity contribution < 1.29 is 14.3 Å². The zero-order valence-electron chi connectivity index (χ0n) is 13.7. The molecule has 0 radical (unpaired) electrons. The van der Waals surface area contributed by atoms with Crippen molar-refractivity contribution in [2.75, 3.05) is 18.4 Å². The van der Waals surface area contributed by atoms with E-state index in [4.69, 9.17) is 0 Å². The Morgan fingerprint density at radius 2 is 2.21 bits per heavy atom. The van der Waals surface area contributed by atoms with Crippen LogP contribution in [0.5, 0.6) is 0 Å². The van der Waals surface area contributed by atoms with E-state index >= 15 is 0 Å². The van der Waals surface area contributed by atoms with Gasteiger partial charge in [-0.1, -0.05) is 13.0 Å². The summed E-state index contributed by atoms with van der Waals surface area (Å²) < 4.78 is 14.9. The predicted octanol–water partition coefficient (Wildman–Crippen LogP) is 2.55. The summed E-state index contributed by atoms with van der Waals surface area (Å²) in [6.07, 6.45) is 0.266. The summed E-state index contributed by atoms with van der Waals surface area (Å²) in [5.41, 5.74) is 1.37. The Balaban J connectivity index is 1.72. The molecule has 1 aliphatic heterocycles. The van der Waals surface area contributed by atoms with Gasteiger partial charge in [-0.05, 0) is 37.5 Å². The van der Waals surface area contributed by atoms with Crippen LogP contribution in [0, 0.1) is 18.7 Å². The van der Waals surface area contributed by atoms with Crippen LogP contribution in [0.1, 0.15) is 19.0 Å². The minimum atomic E-state index is -0.504. The maximum Gasteiger partial charge on any atom is 0.323 e. The lowest BCUT2D eigenvalue weighted by atomic mass is 9.96. The van der Waals surface area contributed by atoms with E-state index in [0.717, 1.165) is 12.1 Å². The molecule has 3 rings (SSSR count). The van der Waals surface area contributed by atoms with Gasteiger partial charge in [0, 0.05) is 24.8 Å². The number of aliphatic hydroxyl groups is 1. The fourth-order valence-corrected chi connectivity index (χ4v) is 2.83. The number of piperidine rings is 1. The van der Waals surface area contributed by atoms with Gasteiger partial charge < -0.3 is 10.0 Å². The van der Waals surface area contributed by atoms with E-state index < -0.39 is 6.10 Å². The zero-order chi connectivity index (χ0) is 17.3. The molecule has 1 saturated heterocycles. The van der Waals surface area contributed by atoms with Gasteiger partial charge in [0.05, 0.1) is 11.8 Å². The summed E-state index contributed by atoms with van der Waals surface area (Å²) in [4.78, 5) is 13.9. The van der Waals surface area contributed by atoms with Crippen LogP contribution in [-0.4, -0.2) is 45.0 Å². The average molecular weight is 332 g/mol. The number of urea groups is 1. The molecule has 2 N–H and O–H groups in total. The van der Waals surface area contributed by atoms with E-state index in [1.807, 2.05) is 13.8 Å². The molecule has 0 saturated carbocycles. The lowest BCUT2D eigenvalue weighted by molar-refractivity contribution is 0.0463. The van der Waals surface area contributed by atoms with E-state index in [1.165, 1.54) is 12.1 Å². The number of benzene rings is 1. The van der Waals surface area contributed by atoms with Crippen molar-refractivity contribution in [3.8, 4) is 5.69 Å². The number of halogens is 1. The van der Waals surface area contributed by atoms with Crippen molar-refractivity contribution in [3.05, 3.63) is 41.8 Å². The topological polar surface area (TPSA) is 70.4 Å². The number of aryl methyl sites for hydroxylation is 1. The van der Waals surface area contributed by atoms with Gasteiger partial charge in [-0.25, -0.2) is 13.9 Å². The third-order valence-corrected chi connectivity index (χ3v) is 4.38. The average Bonchev–Trinajstić information content (AvgIpc) is 2.90. The molecule has 0 aliphatic carbocycles. The molecule has 1 aliphatic rings. The Hall–Kier alpha value is -2.41. The van der Waals surface area contributed by atoms with Crippen LogP contribution in [0.25, 0.3) is 5.69 Å². The van der Waals surface area contributed by atoms with Gasteiger partial charge in [0.2, 0.25) is 0 Å². The molecule has 2 amide bonds. The van der Waals surface area contributed by atoms with Crippen molar-refractivity contribution in [2.45, 2.75) is 26.4 Å². The Kier molecular flexibility index (Phi) is 4.53. The Bertz CT molecular complexity index is 746. The Labute approximate surface area is 139 Å². The number of aromatic nitrogens is 2. The first-order valence-electron chi connectivity index (χ1n) is 8.00. The number of aliphatic hydroxyl groups excluding tert-OH is 1. The van der Waals surface area contributed by atoms with Gasteiger partial charge in [-0.2, -0.15) is 0 Å². The minimum Gasteiger partial charge on any atom is -0.391 e. The number of hydrogen-bond donors (Lipinski definition) is 2. The number of anilines is 1. The van der Waals surface area contributed by atoms with Crippen LogP contribution in [0.15, 0.2) is 30.3 Å². The van der Waals surface area contributed by atoms with E-state index in [1.54, 1.807) is 27.8 Å². The zero-order valence-corrected chi connectivity index (χ0v) is 13.7. The molecule has 1 aromatic heterocycles. The highest BCUT2D eigenvalue weighted by Crippen LogP contribution is 2.19. The highest BCUT2D eigenvalue weighted by atomic mass is 19.1. The van der Waals surface area contributed by atoms with Crippen LogP contribution in [0.3, 0.4) is 0 Å². The second kappa shape index (κ2) is 6.60. The largest absolute Gasteiger partial charge is 0.391 e. The molecule has 2 aromatic rings. The third kappa shape index (κ3) is 3.41. The highest BCUT2D eigenvalue weighted by Gasteiger charge is 2.27. The number of β-amino-alcohol motifs (C(OH)–C–C–N with tert-alkyl or cyclic N) is 1. The summed E-state index contributed by atoms with van der Waals surface area (Å²) in [5, 5.41) is 17.0. The summed E-state index contributed by atoms with van der Waals surface area (Å²) in [7, 11) is 0. The van der Waals surface area contributed by atoms with Crippen molar-refractivity contribution in [1.29, 1.82) is 0 Å². The van der Waals surface area contributed by atoms with Crippen LogP contribution in [0.4, 0.5) is 15.0 Å². The smallest absolute Gasteiger partial charge is 0.323 e. The highest BCUT2D eigenvalue weighted by molar-refractivity contribution is 5.88. The van der Waals surface area contributed by atoms with Gasteiger partial charge in [0.25, 0.3) is 0 Å². The lowest BCUT2D eigenvalue weighted by Gasteiger charge is -2.33. The van der Waals surface area contributed by atoms with E-state index in [9.17, 15) is 14.3 Å². The maximum absolute atomic E-state index is 13.4. The summed E-state index contributed by atoms with van der Waals surface area (Å²) >= 11 is 0. The van der Waals surface area contributed by atoms with Gasteiger partial charge in [-0.15, -0.1) is 5.10 Å². The summed E-state index contributed by atoms with van der Waals surface area (Å²) in [6.45, 7) is 4.73. The van der Waals surface area contributed by atoms with Gasteiger partial charge >= 0.3 is 6.03 Å². The molecule has 1 fully saturated rings. The first-order chi connectivity index (χ1) is 11.4. The standard InChI is InChI=1S/C17H21FN4O2/c1-11-6-7-21(10-15(11)23)17(24)19-16-8-12(2)22(20-16)14-5-3-4-13(18)9-14/h3-5,8-9,11,15,23H,6-7,10H2,1-2H3,(H,19,20,24). The Morgan fingerprint density at radius 3 is 2.92 bits per heavy atom. The molecule has 0 bridgehead atoms. The molecule has 128 valence electrons. The van der Waals surface area contributed by atoms with Crippen LogP contribution in [0.2, 0.25) is 0 Å². The molecule has 7 heteroatoms. The van der Waals surface area contributed by atoms with E-state index in [-0.39, 0.29) is 17.8 Å². The van der Waals surface area contributed by atoms with E-state index in [2.05, 4.69) is 10.4 Å². The van der Waals surface area contributed by atoms with Gasteiger partial charge in [0.15, 0.2) is 5.82 Å². The molecular weight excluding hydrogens is 311 g/mol. The molecule has 24 heavy (non-hydrogen) atoms. The molecule has 2 atom stereocenters. The maximum atomic E-state index is 13.4. The van der Waals surface area contributed by atoms with Crippen molar-refractivity contribution in [1.82, 2.24) is 14.7 Å². The monoisotopic (exact) mass is 332 g/mol. The number of carbonyl (C=O) groups excluding carboxylic acids is 1. The number of likely N-dealkylation sites (tertiary alicyclic amines) is 1. The second-order valence-corrected chi connectivity index (χ2v) is 6.27. The van der Waals surface area contributed by atoms with Crippen LogP contribution >= 0.6 is 0 Å². The minimum absolute atomic E-state index is 0.198. The quantitative estimate of drug-likeness (QED) is 0.888. The number of nitrogens with zero attached hydrogens (tertiary/aromatic N) is 3. The summed E-state index contributed by atoms with van der Waals surface area (Å²) in [5.74, 6) is 0.253. The molecule has 6 nitrogen and oxygen atoms in total. The fourth-order valence-electron chi connectivity index (χ4n) is 2.83. The number of amides is 2. The second-order valence-electron chi connectivity index (χ2n) is 6.27. The first kappa shape index (κ1) is 16.4. The van der Waals surface area contributed by atoms with Crippen molar-refractivity contribution in [2.24, 2.45) is 5.92 Å². The summed E-state index contributed by atoms with van der Waals surface area (Å²) in [6, 6.07) is 7.55. The normalized spacial score (nSPS) is 20.9. The Morgan fingerprint density at radius 1 is 1.42 bits per heavy atom. The molecule has 1 aromatic carbocycles. The van der Waals surface area contributed by atoms with Gasteiger partial charge in [-0.3, -0.25) is 5.32 Å². The van der Waals surface area contributed by atoms with Gasteiger partial charge in [0.1, 0.15) is 5.82 Å². The predicted molar refractivity (Wildman–Crippen MR) is 88.6 cm³/mol. The van der Waals surface area contributed by atoms with Crippen LogP contribution in [-0.2, 0) is 0 Å². The third-order valence-electron chi connectivity index (χ3n) is 4.38. The SMILES string of the molecule is Cc1cc(NC(=O)N2CCC(C)C(O)C2)nn1-c1cccc(F)c1. The molecule has 2 heterocycles. The number of hydrogen-bond acceptors (Lipinski definition) is 3. The fraction of sp³-hybridized carbons (Fsp3) is 0.412.